The van der Waals surface area contributed by atoms with Gasteiger partial charge >= 0.3 is 0 Å². The van der Waals surface area contributed by atoms with E-state index < -0.39 is 0 Å². The van der Waals surface area contributed by atoms with Crippen LogP contribution in [-0.4, -0.2) is 45.9 Å². The molecule has 0 amide bonds. The zero-order valence-corrected chi connectivity index (χ0v) is 15.2. The molecule has 134 valence electrons. The van der Waals surface area contributed by atoms with E-state index in [2.05, 4.69) is 33.8 Å². The Kier molecular flexibility index (Phi) is 7.79. The molecule has 2 rings (SSSR count). The standard InChI is InChI=1S/C20H27N3O2/c1-16(15-24-3)23-20(21-2)22-13-14-25-19-12-8-7-11-18(19)17-9-5-4-6-10-17/h4-12,16H,13-15H2,1-3H3,(H2,21,22,23). The minimum absolute atomic E-state index is 0.191. The van der Waals surface area contributed by atoms with E-state index >= 15 is 0 Å². The van der Waals surface area contributed by atoms with Crippen LogP contribution in [0.25, 0.3) is 11.1 Å². The van der Waals surface area contributed by atoms with Gasteiger partial charge in [0, 0.05) is 25.8 Å². The number of ether oxygens (including phenoxy) is 2. The maximum Gasteiger partial charge on any atom is 0.191 e. The van der Waals surface area contributed by atoms with E-state index in [9.17, 15) is 0 Å². The van der Waals surface area contributed by atoms with Gasteiger partial charge in [0.2, 0.25) is 0 Å². The lowest BCUT2D eigenvalue weighted by Gasteiger charge is -2.17. The molecule has 0 bridgehead atoms. The molecule has 0 aliphatic rings. The summed E-state index contributed by atoms with van der Waals surface area (Å²) in [5.41, 5.74) is 2.25. The molecule has 1 unspecified atom stereocenters. The molecule has 5 nitrogen and oxygen atoms in total. The summed E-state index contributed by atoms with van der Waals surface area (Å²) in [6.07, 6.45) is 0. The Morgan fingerprint density at radius 2 is 1.80 bits per heavy atom. The van der Waals surface area contributed by atoms with Gasteiger partial charge in [0.25, 0.3) is 0 Å². The van der Waals surface area contributed by atoms with E-state index in [1.807, 2.05) is 43.3 Å². The van der Waals surface area contributed by atoms with Gasteiger partial charge in [-0.15, -0.1) is 0 Å². The summed E-state index contributed by atoms with van der Waals surface area (Å²) < 4.78 is 11.1. The largest absolute Gasteiger partial charge is 0.491 e. The Balaban J connectivity index is 1.86. The topological polar surface area (TPSA) is 54.9 Å². The van der Waals surface area contributed by atoms with Crippen molar-refractivity contribution in [1.82, 2.24) is 10.6 Å². The van der Waals surface area contributed by atoms with Crippen molar-refractivity contribution in [3.8, 4) is 16.9 Å². The Morgan fingerprint density at radius 1 is 1.08 bits per heavy atom. The van der Waals surface area contributed by atoms with Crippen molar-refractivity contribution in [2.75, 3.05) is 33.9 Å². The van der Waals surface area contributed by atoms with E-state index in [1.165, 1.54) is 0 Å². The smallest absolute Gasteiger partial charge is 0.191 e. The van der Waals surface area contributed by atoms with Crippen LogP contribution in [0.3, 0.4) is 0 Å². The maximum atomic E-state index is 5.97. The van der Waals surface area contributed by atoms with Crippen molar-refractivity contribution in [3.63, 3.8) is 0 Å². The van der Waals surface area contributed by atoms with Gasteiger partial charge in [0.05, 0.1) is 13.2 Å². The molecule has 0 aliphatic heterocycles. The van der Waals surface area contributed by atoms with Crippen LogP contribution >= 0.6 is 0 Å². The van der Waals surface area contributed by atoms with Crippen molar-refractivity contribution in [1.29, 1.82) is 0 Å². The summed E-state index contributed by atoms with van der Waals surface area (Å²) in [6, 6.07) is 18.5. The van der Waals surface area contributed by atoms with E-state index in [1.54, 1.807) is 14.2 Å². The zero-order chi connectivity index (χ0) is 17.9. The maximum absolute atomic E-state index is 5.97. The molecule has 0 fully saturated rings. The summed E-state index contributed by atoms with van der Waals surface area (Å²) in [5, 5.41) is 6.51. The fraction of sp³-hybridized carbons (Fsp3) is 0.350. The lowest BCUT2D eigenvalue weighted by atomic mass is 10.1. The Labute approximate surface area is 150 Å². The highest BCUT2D eigenvalue weighted by atomic mass is 16.5. The Hall–Kier alpha value is -2.53. The zero-order valence-electron chi connectivity index (χ0n) is 15.2. The second kappa shape index (κ2) is 10.4. The predicted octanol–water partition coefficient (Wildman–Crippen LogP) is 2.93. The molecule has 2 aromatic carbocycles. The van der Waals surface area contributed by atoms with Crippen LogP contribution < -0.4 is 15.4 Å². The van der Waals surface area contributed by atoms with Crippen LogP contribution in [0, 0.1) is 0 Å². The molecule has 0 saturated carbocycles. The van der Waals surface area contributed by atoms with Crippen molar-refractivity contribution in [2.45, 2.75) is 13.0 Å². The second-order valence-electron chi connectivity index (χ2n) is 5.71. The third kappa shape index (κ3) is 6.12. The molecule has 0 spiro atoms. The number of hydrogen-bond donors (Lipinski definition) is 2. The van der Waals surface area contributed by atoms with E-state index in [4.69, 9.17) is 9.47 Å². The minimum Gasteiger partial charge on any atom is -0.491 e. The highest BCUT2D eigenvalue weighted by molar-refractivity contribution is 5.79. The Bertz CT molecular complexity index is 659. The van der Waals surface area contributed by atoms with Gasteiger partial charge < -0.3 is 20.1 Å². The molecule has 2 N–H and O–H groups in total. The number of nitrogens with zero attached hydrogens (tertiary/aromatic N) is 1. The van der Waals surface area contributed by atoms with E-state index in [-0.39, 0.29) is 6.04 Å². The number of benzene rings is 2. The summed E-state index contributed by atoms with van der Waals surface area (Å²) >= 11 is 0. The van der Waals surface area contributed by atoms with Crippen LogP contribution in [0.4, 0.5) is 0 Å². The molecule has 0 heterocycles. The summed E-state index contributed by atoms with van der Waals surface area (Å²) in [5.74, 6) is 1.62. The van der Waals surface area contributed by atoms with Gasteiger partial charge in [-0.3, -0.25) is 4.99 Å². The molecule has 0 aromatic heterocycles. The van der Waals surface area contributed by atoms with Crippen LogP contribution in [-0.2, 0) is 4.74 Å². The Morgan fingerprint density at radius 3 is 2.52 bits per heavy atom. The molecule has 0 radical (unpaired) electrons. The first-order valence-electron chi connectivity index (χ1n) is 8.48. The molecule has 0 saturated heterocycles. The minimum atomic E-state index is 0.191. The molecular formula is C20H27N3O2. The first-order valence-corrected chi connectivity index (χ1v) is 8.48. The van der Waals surface area contributed by atoms with Crippen LogP contribution in [0.1, 0.15) is 6.92 Å². The first-order chi connectivity index (χ1) is 12.2. The number of aliphatic imine (C=N–C) groups is 1. The van der Waals surface area contributed by atoms with Crippen molar-refractivity contribution in [3.05, 3.63) is 54.6 Å². The lowest BCUT2D eigenvalue weighted by molar-refractivity contribution is 0.179. The number of para-hydroxylation sites is 1. The fourth-order valence-electron chi connectivity index (χ4n) is 2.50. The number of hydrogen-bond acceptors (Lipinski definition) is 3. The molecule has 2 aromatic rings. The summed E-state index contributed by atoms with van der Waals surface area (Å²) in [6.45, 7) is 3.87. The highest BCUT2D eigenvalue weighted by Crippen LogP contribution is 2.29. The lowest BCUT2D eigenvalue weighted by Crippen LogP contribution is -2.45. The second-order valence-corrected chi connectivity index (χ2v) is 5.71. The number of methoxy groups -OCH3 is 1. The first kappa shape index (κ1) is 18.8. The normalized spacial score (nSPS) is 12.5. The van der Waals surface area contributed by atoms with Crippen molar-refractivity contribution in [2.24, 2.45) is 4.99 Å². The van der Waals surface area contributed by atoms with Crippen LogP contribution in [0.5, 0.6) is 5.75 Å². The fourth-order valence-corrected chi connectivity index (χ4v) is 2.50. The third-order valence-electron chi connectivity index (χ3n) is 3.65. The van der Waals surface area contributed by atoms with Gasteiger partial charge in [0.1, 0.15) is 12.4 Å². The SMILES string of the molecule is CN=C(NCCOc1ccccc1-c1ccccc1)NC(C)COC. The van der Waals surface area contributed by atoms with Crippen molar-refractivity contribution >= 4 is 5.96 Å². The van der Waals surface area contributed by atoms with Gasteiger partial charge in [-0.1, -0.05) is 48.5 Å². The number of guanidine groups is 1. The van der Waals surface area contributed by atoms with Gasteiger partial charge in [0.15, 0.2) is 5.96 Å². The van der Waals surface area contributed by atoms with E-state index in [0.717, 1.165) is 22.8 Å². The average molecular weight is 341 g/mol. The number of nitrogens with one attached hydrogen (secondary N) is 2. The monoisotopic (exact) mass is 341 g/mol. The molecule has 0 aliphatic carbocycles. The summed E-state index contributed by atoms with van der Waals surface area (Å²) in [7, 11) is 3.44. The van der Waals surface area contributed by atoms with E-state index in [0.29, 0.717) is 19.8 Å². The molecule has 1 atom stereocenters. The highest BCUT2D eigenvalue weighted by Gasteiger charge is 2.06. The third-order valence-corrected chi connectivity index (χ3v) is 3.65. The van der Waals surface area contributed by atoms with Crippen LogP contribution in [0.2, 0.25) is 0 Å². The van der Waals surface area contributed by atoms with Gasteiger partial charge in [-0.05, 0) is 18.6 Å². The van der Waals surface area contributed by atoms with Gasteiger partial charge in [-0.2, -0.15) is 0 Å². The summed E-state index contributed by atoms with van der Waals surface area (Å²) in [4.78, 5) is 4.20. The molecule has 5 heteroatoms. The van der Waals surface area contributed by atoms with Crippen molar-refractivity contribution < 1.29 is 9.47 Å². The predicted molar refractivity (Wildman–Crippen MR) is 103 cm³/mol. The van der Waals surface area contributed by atoms with Crippen LogP contribution in [0.15, 0.2) is 59.6 Å². The number of rotatable bonds is 8. The van der Waals surface area contributed by atoms with Gasteiger partial charge in [-0.25, -0.2) is 0 Å². The quantitative estimate of drug-likeness (QED) is 0.440. The molecule has 25 heavy (non-hydrogen) atoms. The molecular weight excluding hydrogens is 314 g/mol. The average Bonchev–Trinajstić information content (AvgIpc) is 2.65.